The number of carbonyl (C=O) groups excluding carboxylic acids is 1. The van der Waals surface area contributed by atoms with E-state index in [1.807, 2.05) is 20.8 Å². The molecule has 0 saturated heterocycles. The van der Waals surface area contributed by atoms with E-state index in [-0.39, 0.29) is 11.4 Å². The van der Waals surface area contributed by atoms with Crippen LogP contribution in [0.5, 0.6) is 0 Å². The van der Waals surface area contributed by atoms with Crippen LogP contribution in [0.4, 0.5) is 0 Å². The molecule has 1 saturated carbocycles. The lowest BCUT2D eigenvalue weighted by atomic mass is 9.93. The van der Waals surface area contributed by atoms with Crippen LogP contribution in [0.3, 0.4) is 0 Å². The first-order valence-electron chi connectivity index (χ1n) is 5.52. The first kappa shape index (κ1) is 11.5. The van der Waals surface area contributed by atoms with E-state index in [4.69, 9.17) is 0 Å². The Labute approximate surface area is 86.6 Å². The molecule has 1 aliphatic rings. The van der Waals surface area contributed by atoms with Gasteiger partial charge < -0.3 is 10.6 Å². The van der Waals surface area contributed by atoms with Crippen molar-refractivity contribution >= 4 is 5.91 Å². The summed E-state index contributed by atoms with van der Waals surface area (Å²) < 4.78 is 0. The molecule has 2 N–H and O–H groups in total. The van der Waals surface area contributed by atoms with Crippen LogP contribution in [0, 0.1) is 0 Å². The molecular weight excluding hydrogens is 176 g/mol. The Morgan fingerprint density at radius 2 is 2.00 bits per heavy atom. The summed E-state index contributed by atoms with van der Waals surface area (Å²) >= 11 is 0. The molecule has 1 amide bonds. The van der Waals surface area contributed by atoms with E-state index in [9.17, 15) is 4.79 Å². The van der Waals surface area contributed by atoms with Gasteiger partial charge in [-0.05, 0) is 33.6 Å². The summed E-state index contributed by atoms with van der Waals surface area (Å²) in [6.45, 7) is 6.82. The largest absolute Gasteiger partial charge is 0.351 e. The average Bonchev–Trinajstić information content (AvgIpc) is 1.90. The highest BCUT2D eigenvalue weighted by atomic mass is 16.1. The van der Waals surface area contributed by atoms with Crippen LogP contribution < -0.4 is 10.6 Å². The van der Waals surface area contributed by atoms with Crippen LogP contribution >= 0.6 is 0 Å². The van der Waals surface area contributed by atoms with Gasteiger partial charge in [0.15, 0.2) is 0 Å². The molecule has 0 atom stereocenters. The molecule has 0 heterocycles. The summed E-state index contributed by atoms with van der Waals surface area (Å²) in [7, 11) is 0. The maximum atomic E-state index is 11.4. The molecular formula is C11H22N2O. The highest BCUT2D eigenvalue weighted by Crippen LogP contribution is 2.17. The molecule has 0 spiro atoms. The minimum atomic E-state index is -0.104. The number of carbonyl (C=O) groups is 1. The molecule has 0 radical (unpaired) electrons. The lowest BCUT2D eigenvalue weighted by Gasteiger charge is -2.27. The molecule has 0 aromatic rings. The monoisotopic (exact) mass is 198 g/mol. The predicted octanol–water partition coefficient (Wildman–Crippen LogP) is 1.43. The van der Waals surface area contributed by atoms with E-state index in [2.05, 4.69) is 10.6 Å². The van der Waals surface area contributed by atoms with Crippen molar-refractivity contribution in [2.24, 2.45) is 0 Å². The maximum Gasteiger partial charge on any atom is 0.221 e. The fraction of sp³-hybridized carbons (Fsp3) is 0.909. The van der Waals surface area contributed by atoms with Gasteiger partial charge in [-0.3, -0.25) is 4.79 Å². The topological polar surface area (TPSA) is 41.1 Å². The van der Waals surface area contributed by atoms with Gasteiger partial charge in [0.2, 0.25) is 5.91 Å². The third kappa shape index (κ3) is 4.61. The molecule has 1 aliphatic carbocycles. The lowest BCUT2D eigenvalue weighted by Crippen LogP contribution is -2.43. The molecule has 0 aromatic carbocycles. The smallest absolute Gasteiger partial charge is 0.221 e. The van der Waals surface area contributed by atoms with Gasteiger partial charge in [-0.1, -0.05) is 6.42 Å². The SMILES string of the molecule is CC(C)(C)NC(=O)CCNC1CCC1. The zero-order valence-electron chi connectivity index (χ0n) is 9.52. The Morgan fingerprint density at radius 3 is 2.43 bits per heavy atom. The second-order valence-corrected chi connectivity index (χ2v) is 5.13. The van der Waals surface area contributed by atoms with Gasteiger partial charge in [0.25, 0.3) is 0 Å². The molecule has 1 rings (SSSR count). The van der Waals surface area contributed by atoms with E-state index in [0.29, 0.717) is 12.5 Å². The third-order valence-corrected chi connectivity index (χ3v) is 2.40. The van der Waals surface area contributed by atoms with Gasteiger partial charge in [0, 0.05) is 24.5 Å². The molecule has 82 valence electrons. The van der Waals surface area contributed by atoms with Crippen LogP contribution in [0.15, 0.2) is 0 Å². The van der Waals surface area contributed by atoms with Crippen molar-refractivity contribution in [2.75, 3.05) is 6.54 Å². The summed E-state index contributed by atoms with van der Waals surface area (Å²) in [5.41, 5.74) is -0.104. The maximum absolute atomic E-state index is 11.4. The van der Waals surface area contributed by atoms with E-state index in [1.54, 1.807) is 0 Å². The van der Waals surface area contributed by atoms with Crippen molar-refractivity contribution in [3.8, 4) is 0 Å². The van der Waals surface area contributed by atoms with Crippen molar-refractivity contribution in [1.82, 2.24) is 10.6 Å². The minimum absolute atomic E-state index is 0.104. The van der Waals surface area contributed by atoms with Crippen LogP contribution in [0.1, 0.15) is 46.5 Å². The standard InChI is InChI=1S/C11H22N2O/c1-11(2,3)13-10(14)7-8-12-9-5-4-6-9/h9,12H,4-8H2,1-3H3,(H,13,14). The Balaban J connectivity index is 2.02. The summed E-state index contributed by atoms with van der Waals surface area (Å²) in [6, 6.07) is 0.678. The number of hydrogen-bond acceptors (Lipinski definition) is 2. The average molecular weight is 198 g/mol. The van der Waals surface area contributed by atoms with Crippen molar-refractivity contribution in [1.29, 1.82) is 0 Å². The molecule has 0 unspecified atom stereocenters. The normalized spacial score (nSPS) is 17.6. The van der Waals surface area contributed by atoms with Crippen LogP contribution in [0.25, 0.3) is 0 Å². The Bertz CT molecular complexity index is 192. The number of rotatable bonds is 4. The van der Waals surface area contributed by atoms with Crippen molar-refractivity contribution in [3.63, 3.8) is 0 Å². The molecule has 1 fully saturated rings. The highest BCUT2D eigenvalue weighted by molar-refractivity contribution is 5.76. The van der Waals surface area contributed by atoms with Crippen molar-refractivity contribution in [3.05, 3.63) is 0 Å². The number of amides is 1. The van der Waals surface area contributed by atoms with Gasteiger partial charge in [-0.25, -0.2) is 0 Å². The van der Waals surface area contributed by atoms with Gasteiger partial charge in [-0.15, -0.1) is 0 Å². The van der Waals surface area contributed by atoms with Gasteiger partial charge in [0.05, 0.1) is 0 Å². The zero-order chi connectivity index (χ0) is 10.6. The van der Waals surface area contributed by atoms with Crippen molar-refractivity contribution in [2.45, 2.75) is 58.0 Å². The number of hydrogen-bond donors (Lipinski definition) is 2. The highest BCUT2D eigenvalue weighted by Gasteiger charge is 2.17. The number of nitrogens with one attached hydrogen (secondary N) is 2. The summed E-state index contributed by atoms with van der Waals surface area (Å²) in [5, 5.41) is 6.32. The van der Waals surface area contributed by atoms with Gasteiger partial charge in [-0.2, -0.15) is 0 Å². The molecule has 14 heavy (non-hydrogen) atoms. The fourth-order valence-corrected chi connectivity index (χ4v) is 1.48. The summed E-state index contributed by atoms with van der Waals surface area (Å²) in [5.74, 6) is 0.143. The first-order chi connectivity index (χ1) is 6.47. The van der Waals surface area contributed by atoms with E-state index < -0.39 is 0 Å². The van der Waals surface area contributed by atoms with Crippen molar-refractivity contribution < 1.29 is 4.79 Å². The van der Waals surface area contributed by atoms with E-state index >= 15 is 0 Å². The van der Waals surface area contributed by atoms with Crippen LogP contribution in [0.2, 0.25) is 0 Å². The van der Waals surface area contributed by atoms with E-state index in [1.165, 1.54) is 19.3 Å². The third-order valence-electron chi connectivity index (χ3n) is 2.40. The predicted molar refractivity (Wildman–Crippen MR) is 58.2 cm³/mol. The summed E-state index contributed by atoms with van der Waals surface area (Å²) in [6.07, 6.45) is 4.49. The first-order valence-corrected chi connectivity index (χ1v) is 5.52. The molecule has 3 nitrogen and oxygen atoms in total. The van der Waals surface area contributed by atoms with Crippen LogP contribution in [-0.4, -0.2) is 24.0 Å². The molecule has 0 aliphatic heterocycles. The minimum Gasteiger partial charge on any atom is -0.351 e. The lowest BCUT2D eigenvalue weighted by molar-refractivity contribution is -0.122. The Hall–Kier alpha value is -0.570. The quantitative estimate of drug-likeness (QED) is 0.717. The second kappa shape index (κ2) is 4.78. The zero-order valence-corrected chi connectivity index (χ0v) is 9.52. The summed E-state index contributed by atoms with van der Waals surface area (Å²) in [4.78, 5) is 11.4. The van der Waals surface area contributed by atoms with Gasteiger partial charge in [0.1, 0.15) is 0 Å². The van der Waals surface area contributed by atoms with E-state index in [0.717, 1.165) is 6.54 Å². The van der Waals surface area contributed by atoms with Crippen LogP contribution in [-0.2, 0) is 4.79 Å². The molecule has 0 aromatic heterocycles. The Kier molecular flexibility index (Phi) is 3.93. The molecule has 3 heteroatoms. The second-order valence-electron chi connectivity index (χ2n) is 5.13. The Morgan fingerprint density at radius 1 is 1.36 bits per heavy atom. The van der Waals surface area contributed by atoms with Gasteiger partial charge >= 0.3 is 0 Å². The molecule has 0 bridgehead atoms. The fourth-order valence-electron chi connectivity index (χ4n) is 1.48.